The van der Waals surface area contributed by atoms with Gasteiger partial charge in [-0.15, -0.1) is 0 Å². The summed E-state index contributed by atoms with van der Waals surface area (Å²) in [7, 11) is 4.84. The maximum absolute atomic E-state index is 5.68. The number of hydrogen-bond donors (Lipinski definition) is 1. The van der Waals surface area contributed by atoms with E-state index in [-0.39, 0.29) is 0 Å². The van der Waals surface area contributed by atoms with Crippen molar-refractivity contribution < 1.29 is 14.2 Å². The lowest BCUT2D eigenvalue weighted by Gasteiger charge is -2.32. The number of unbranched alkanes of at least 4 members (excludes halogenated alkanes) is 3. The summed E-state index contributed by atoms with van der Waals surface area (Å²) >= 11 is 0. The maximum atomic E-state index is 5.68. The molecule has 4 nitrogen and oxygen atoms in total. The van der Waals surface area contributed by atoms with Gasteiger partial charge in [0.1, 0.15) is 0 Å². The van der Waals surface area contributed by atoms with Gasteiger partial charge in [-0.1, -0.05) is 39.0 Å². The van der Waals surface area contributed by atoms with Gasteiger partial charge in [0.05, 0.1) is 0 Å². The molecular formula is C14H31NO3. The molecular weight excluding hydrogens is 230 g/mol. The van der Waals surface area contributed by atoms with E-state index >= 15 is 0 Å². The Hall–Kier alpha value is -0.160. The summed E-state index contributed by atoms with van der Waals surface area (Å²) in [6, 6.07) is 0. The van der Waals surface area contributed by atoms with Gasteiger partial charge in [0.15, 0.2) is 0 Å². The van der Waals surface area contributed by atoms with Crippen LogP contribution in [-0.4, -0.2) is 33.8 Å². The summed E-state index contributed by atoms with van der Waals surface area (Å²) in [5, 5.41) is 0. The molecule has 0 aliphatic carbocycles. The first-order valence-electron chi connectivity index (χ1n) is 7.03. The van der Waals surface area contributed by atoms with Crippen LogP contribution < -0.4 is 5.73 Å². The van der Waals surface area contributed by atoms with Crippen molar-refractivity contribution in [1.82, 2.24) is 0 Å². The predicted molar refractivity (Wildman–Crippen MR) is 74.3 cm³/mol. The molecule has 0 rings (SSSR count). The molecule has 0 spiro atoms. The summed E-state index contributed by atoms with van der Waals surface area (Å²) in [4.78, 5) is 0. The summed E-state index contributed by atoms with van der Waals surface area (Å²) in [5.74, 6) is -0.420. The van der Waals surface area contributed by atoms with Crippen LogP contribution in [-0.2, 0) is 14.2 Å². The molecule has 2 N–H and O–H groups in total. The lowest BCUT2D eigenvalue weighted by atomic mass is 9.93. The number of methoxy groups -OCH3 is 3. The van der Waals surface area contributed by atoms with Crippen LogP contribution in [0.1, 0.15) is 51.9 Å². The Morgan fingerprint density at radius 3 is 2.00 bits per heavy atom. The van der Waals surface area contributed by atoms with Crippen molar-refractivity contribution in [3.8, 4) is 0 Å². The number of ether oxygens (including phenoxy) is 3. The molecule has 0 saturated carbocycles. The Morgan fingerprint density at radius 1 is 0.944 bits per heavy atom. The Labute approximate surface area is 112 Å². The fourth-order valence-electron chi connectivity index (χ4n) is 2.30. The highest BCUT2D eigenvalue weighted by Crippen LogP contribution is 2.28. The highest BCUT2D eigenvalue weighted by atomic mass is 16.9. The SMILES string of the molecule is CCCCCCC(CCN)CC(OC)(OC)OC. The van der Waals surface area contributed by atoms with Crippen LogP contribution in [0.15, 0.2) is 0 Å². The van der Waals surface area contributed by atoms with Gasteiger partial charge in [0.25, 0.3) is 5.97 Å². The van der Waals surface area contributed by atoms with Gasteiger partial charge < -0.3 is 19.9 Å². The van der Waals surface area contributed by atoms with E-state index in [4.69, 9.17) is 19.9 Å². The molecule has 0 aliphatic heterocycles. The Bertz CT molecular complexity index is 176. The minimum atomic E-state index is -0.912. The van der Waals surface area contributed by atoms with Gasteiger partial charge in [-0.25, -0.2) is 0 Å². The third kappa shape index (κ3) is 6.69. The second kappa shape index (κ2) is 10.7. The highest BCUT2D eigenvalue weighted by molar-refractivity contribution is 4.67. The zero-order valence-electron chi connectivity index (χ0n) is 12.5. The lowest BCUT2D eigenvalue weighted by molar-refractivity contribution is -0.359. The second-order valence-electron chi connectivity index (χ2n) is 4.79. The first-order chi connectivity index (χ1) is 8.67. The molecule has 0 amide bonds. The molecule has 1 atom stereocenters. The lowest BCUT2D eigenvalue weighted by Crippen LogP contribution is -2.38. The van der Waals surface area contributed by atoms with Crippen LogP contribution in [0.2, 0.25) is 0 Å². The molecule has 0 aromatic rings. The average molecular weight is 261 g/mol. The number of hydrogen-bond acceptors (Lipinski definition) is 4. The van der Waals surface area contributed by atoms with Crippen molar-refractivity contribution in [3.05, 3.63) is 0 Å². The first-order valence-corrected chi connectivity index (χ1v) is 7.03. The second-order valence-corrected chi connectivity index (χ2v) is 4.79. The minimum absolute atomic E-state index is 0.492. The Kier molecular flexibility index (Phi) is 10.6. The summed E-state index contributed by atoms with van der Waals surface area (Å²) < 4.78 is 16.1. The third-order valence-corrected chi connectivity index (χ3v) is 3.51. The summed E-state index contributed by atoms with van der Waals surface area (Å²) in [6.45, 7) is 2.93. The van der Waals surface area contributed by atoms with Gasteiger partial charge in [-0.2, -0.15) is 0 Å². The van der Waals surface area contributed by atoms with Crippen LogP contribution in [0.25, 0.3) is 0 Å². The summed E-state index contributed by atoms with van der Waals surface area (Å²) in [6.07, 6.45) is 7.99. The summed E-state index contributed by atoms with van der Waals surface area (Å²) in [5.41, 5.74) is 5.68. The molecule has 0 aromatic carbocycles. The monoisotopic (exact) mass is 261 g/mol. The van der Waals surface area contributed by atoms with E-state index in [1.54, 1.807) is 21.3 Å². The van der Waals surface area contributed by atoms with Gasteiger partial charge in [-0.05, 0) is 18.9 Å². The molecule has 4 heteroatoms. The molecule has 0 bridgehead atoms. The smallest absolute Gasteiger partial charge is 0.282 e. The normalized spacial score (nSPS) is 13.8. The van der Waals surface area contributed by atoms with Crippen LogP contribution >= 0.6 is 0 Å². The van der Waals surface area contributed by atoms with E-state index in [0.717, 1.165) is 19.3 Å². The van der Waals surface area contributed by atoms with Crippen LogP contribution in [0.3, 0.4) is 0 Å². The maximum Gasteiger partial charge on any atom is 0.282 e. The Balaban J connectivity index is 4.22. The molecule has 0 saturated heterocycles. The topological polar surface area (TPSA) is 53.7 Å². The molecule has 1 unspecified atom stereocenters. The van der Waals surface area contributed by atoms with Crippen molar-refractivity contribution in [1.29, 1.82) is 0 Å². The Morgan fingerprint density at radius 2 is 1.56 bits per heavy atom. The van der Waals surface area contributed by atoms with Crippen molar-refractivity contribution >= 4 is 0 Å². The van der Waals surface area contributed by atoms with Crippen LogP contribution in [0.4, 0.5) is 0 Å². The van der Waals surface area contributed by atoms with Crippen molar-refractivity contribution in [2.75, 3.05) is 27.9 Å². The molecule has 0 aromatic heterocycles. The molecule has 0 aliphatic rings. The van der Waals surface area contributed by atoms with Crippen molar-refractivity contribution in [2.24, 2.45) is 11.7 Å². The molecule has 18 heavy (non-hydrogen) atoms. The largest absolute Gasteiger partial charge is 0.331 e. The highest BCUT2D eigenvalue weighted by Gasteiger charge is 2.32. The van der Waals surface area contributed by atoms with E-state index < -0.39 is 5.97 Å². The molecule has 0 heterocycles. The quantitative estimate of drug-likeness (QED) is 0.433. The van der Waals surface area contributed by atoms with Gasteiger partial charge in [0, 0.05) is 27.8 Å². The molecule has 0 fully saturated rings. The molecule has 110 valence electrons. The van der Waals surface area contributed by atoms with Crippen molar-refractivity contribution in [3.63, 3.8) is 0 Å². The standard InChI is InChI=1S/C14H31NO3/c1-5-6-7-8-9-13(10-11-15)12-14(16-2,17-3)18-4/h13H,5-12,15H2,1-4H3. The fourth-order valence-corrected chi connectivity index (χ4v) is 2.30. The molecule has 0 radical (unpaired) electrons. The average Bonchev–Trinajstić information content (AvgIpc) is 2.41. The number of nitrogens with two attached hydrogens (primary N) is 1. The third-order valence-electron chi connectivity index (χ3n) is 3.51. The van der Waals surface area contributed by atoms with Gasteiger partial charge >= 0.3 is 0 Å². The fraction of sp³-hybridized carbons (Fsp3) is 1.00. The minimum Gasteiger partial charge on any atom is -0.331 e. The van der Waals surface area contributed by atoms with Gasteiger partial charge in [0.2, 0.25) is 0 Å². The van der Waals surface area contributed by atoms with E-state index in [1.165, 1.54) is 25.7 Å². The zero-order valence-corrected chi connectivity index (χ0v) is 12.5. The van der Waals surface area contributed by atoms with Gasteiger partial charge in [-0.3, -0.25) is 0 Å². The van der Waals surface area contributed by atoms with E-state index in [1.807, 2.05) is 0 Å². The van der Waals surface area contributed by atoms with Crippen LogP contribution in [0.5, 0.6) is 0 Å². The van der Waals surface area contributed by atoms with Crippen LogP contribution in [0, 0.1) is 5.92 Å². The first kappa shape index (κ1) is 17.8. The number of rotatable bonds is 12. The van der Waals surface area contributed by atoms with E-state index in [2.05, 4.69) is 6.92 Å². The predicted octanol–water partition coefficient (Wildman–Crippen LogP) is 2.90. The van der Waals surface area contributed by atoms with E-state index in [0.29, 0.717) is 12.5 Å². The van der Waals surface area contributed by atoms with E-state index in [9.17, 15) is 0 Å². The zero-order chi connectivity index (χ0) is 13.9. The van der Waals surface area contributed by atoms with Crippen molar-refractivity contribution in [2.45, 2.75) is 57.8 Å².